The second-order valence-corrected chi connectivity index (χ2v) is 6.30. The van der Waals surface area contributed by atoms with Crippen LogP contribution in [-0.4, -0.2) is 23.4 Å². The molecule has 2 aromatic carbocycles. The van der Waals surface area contributed by atoms with Crippen LogP contribution in [0.3, 0.4) is 0 Å². The van der Waals surface area contributed by atoms with Crippen molar-refractivity contribution in [1.82, 2.24) is 0 Å². The van der Waals surface area contributed by atoms with Gasteiger partial charge in [-0.3, -0.25) is 4.79 Å². The van der Waals surface area contributed by atoms with Gasteiger partial charge in [-0.1, -0.05) is 35.5 Å². The fourth-order valence-corrected chi connectivity index (χ4v) is 3.15. The maximum Gasteiger partial charge on any atom is 0.223 e. The number of aryl methyl sites for hydroxylation is 1. The molecule has 0 radical (unpaired) electrons. The Bertz CT molecular complexity index is 779. The molecule has 0 fully saturated rings. The minimum atomic E-state index is 0.104. The third-order valence-corrected chi connectivity index (χ3v) is 4.59. The van der Waals surface area contributed by atoms with Gasteiger partial charge in [0.25, 0.3) is 0 Å². The number of carbonyl (C=O) groups excluding carboxylic acids is 1. The number of carbonyl (C=O) groups is 1. The van der Waals surface area contributed by atoms with E-state index in [0.29, 0.717) is 0 Å². The van der Waals surface area contributed by atoms with Crippen LogP contribution in [0.25, 0.3) is 11.1 Å². The monoisotopic (exact) mass is 322 g/mol. The second-order valence-electron chi connectivity index (χ2n) is 6.30. The Kier molecular flexibility index (Phi) is 4.65. The van der Waals surface area contributed by atoms with Crippen LogP contribution in [-0.2, 0) is 17.6 Å². The fourth-order valence-electron chi connectivity index (χ4n) is 3.15. The maximum absolute atomic E-state index is 11.6. The first-order valence-corrected chi connectivity index (χ1v) is 8.26. The van der Waals surface area contributed by atoms with Gasteiger partial charge in [-0.05, 0) is 60.6 Å². The van der Waals surface area contributed by atoms with Crippen molar-refractivity contribution in [2.45, 2.75) is 33.1 Å². The Morgan fingerprint density at radius 2 is 1.83 bits per heavy atom. The summed E-state index contributed by atoms with van der Waals surface area (Å²) < 4.78 is 0. The van der Waals surface area contributed by atoms with E-state index < -0.39 is 0 Å². The van der Waals surface area contributed by atoms with E-state index in [1.54, 1.807) is 6.92 Å². The Balaban J connectivity index is 1.77. The van der Waals surface area contributed by atoms with Crippen molar-refractivity contribution < 1.29 is 10.0 Å². The zero-order valence-electron chi connectivity index (χ0n) is 14.1. The molecule has 4 nitrogen and oxygen atoms in total. The van der Waals surface area contributed by atoms with Crippen LogP contribution >= 0.6 is 0 Å². The van der Waals surface area contributed by atoms with Crippen molar-refractivity contribution in [3.63, 3.8) is 0 Å². The lowest BCUT2D eigenvalue weighted by atomic mass is 9.99. The second kappa shape index (κ2) is 6.87. The highest BCUT2D eigenvalue weighted by Gasteiger charge is 2.22. The highest BCUT2D eigenvalue weighted by Crippen LogP contribution is 2.32. The molecule has 1 aliphatic rings. The number of hydrogen-bond donors (Lipinski definition) is 1. The zero-order chi connectivity index (χ0) is 17.1. The molecule has 0 spiro atoms. The van der Waals surface area contributed by atoms with Crippen LogP contribution in [0, 0.1) is 0 Å². The molecule has 0 aliphatic carbocycles. The normalized spacial score (nSPS) is 13.9. The van der Waals surface area contributed by atoms with Crippen molar-refractivity contribution in [2.24, 2.45) is 5.16 Å². The largest absolute Gasteiger partial charge is 0.411 e. The van der Waals surface area contributed by atoms with Crippen LogP contribution in [0.1, 0.15) is 31.4 Å². The molecular formula is C20H22N2O2. The van der Waals surface area contributed by atoms with Gasteiger partial charge in [0.05, 0.1) is 5.71 Å². The minimum absolute atomic E-state index is 0.104. The summed E-state index contributed by atoms with van der Waals surface area (Å²) in [5.74, 6) is 0.104. The Hall–Kier alpha value is -2.62. The average molecular weight is 322 g/mol. The fraction of sp³-hybridized carbons (Fsp3) is 0.300. The quantitative estimate of drug-likeness (QED) is 0.524. The average Bonchev–Trinajstić information content (AvgIpc) is 3.03. The summed E-state index contributed by atoms with van der Waals surface area (Å²) in [7, 11) is 0. The van der Waals surface area contributed by atoms with Crippen molar-refractivity contribution in [1.29, 1.82) is 0 Å². The molecule has 1 aliphatic heterocycles. The maximum atomic E-state index is 11.6. The van der Waals surface area contributed by atoms with E-state index in [0.717, 1.165) is 37.2 Å². The summed E-state index contributed by atoms with van der Waals surface area (Å²) in [6.07, 6.45) is 2.55. The summed E-state index contributed by atoms with van der Waals surface area (Å²) >= 11 is 0. The topological polar surface area (TPSA) is 52.9 Å². The Morgan fingerprint density at radius 1 is 1.12 bits per heavy atom. The number of rotatable bonds is 4. The molecular weight excluding hydrogens is 300 g/mol. The first-order chi connectivity index (χ1) is 11.6. The molecule has 1 amide bonds. The van der Waals surface area contributed by atoms with E-state index in [2.05, 4.69) is 41.6 Å². The summed E-state index contributed by atoms with van der Waals surface area (Å²) in [5, 5.41) is 11.9. The summed E-state index contributed by atoms with van der Waals surface area (Å²) in [5.41, 5.74) is 6.61. The van der Waals surface area contributed by atoms with Crippen molar-refractivity contribution in [2.75, 3.05) is 11.4 Å². The number of oxime groups is 1. The zero-order valence-corrected chi connectivity index (χ0v) is 14.1. The Labute approximate surface area is 142 Å². The van der Waals surface area contributed by atoms with Crippen LogP contribution in [0.5, 0.6) is 0 Å². The predicted molar refractivity (Wildman–Crippen MR) is 96.8 cm³/mol. The third-order valence-electron chi connectivity index (χ3n) is 4.59. The lowest BCUT2D eigenvalue weighted by Gasteiger charge is -2.15. The molecule has 1 heterocycles. The van der Waals surface area contributed by atoms with E-state index in [1.807, 2.05) is 17.9 Å². The SMILES string of the molecule is CC(=O)N1CCc2cc(-c3ccc(CC/C(C)=N/O)cc3)ccc21. The van der Waals surface area contributed by atoms with E-state index in [-0.39, 0.29) is 5.91 Å². The van der Waals surface area contributed by atoms with E-state index >= 15 is 0 Å². The van der Waals surface area contributed by atoms with Crippen LogP contribution in [0.15, 0.2) is 47.6 Å². The van der Waals surface area contributed by atoms with Gasteiger partial charge in [0.2, 0.25) is 5.91 Å². The summed E-state index contributed by atoms with van der Waals surface area (Å²) in [4.78, 5) is 13.5. The van der Waals surface area contributed by atoms with Crippen LogP contribution in [0.4, 0.5) is 5.69 Å². The first kappa shape index (κ1) is 16.2. The van der Waals surface area contributed by atoms with Crippen molar-refractivity contribution >= 4 is 17.3 Å². The van der Waals surface area contributed by atoms with Crippen LogP contribution < -0.4 is 4.90 Å². The van der Waals surface area contributed by atoms with Crippen molar-refractivity contribution in [3.8, 4) is 11.1 Å². The molecule has 0 aromatic heterocycles. The highest BCUT2D eigenvalue weighted by atomic mass is 16.4. The predicted octanol–water partition coefficient (Wildman–Crippen LogP) is 4.05. The van der Waals surface area contributed by atoms with Crippen molar-refractivity contribution in [3.05, 3.63) is 53.6 Å². The van der Waals surface area contributed by atoms with Gasteiger partial charge >= 0.3 is 0 Å². The van der Waals surface area contributed by atoms with E-state index in [1.165, 1.54) is 22.3 Å². The molecule has 0 atom stereocenters. The first-order valence-electron chi connectivity index (χ1n) is 8.26. The molecule has 3 rings (SSSR count). The number of amides is 1. The van der Waals surface area contributed by atoms with Gasteiger partial charge in [-0.25, -0.2) is 0 Å². The highest BCUT2D eigenvalue weighted by molar-refractivity contribution is 5.94. The molecule has 1 N–H and O–H groups in total. The molecule has 0 saturated heterocycles. The lowest BCUT2D eigenvalue weighted by Crippen LogP contribution is -2.25. The molecule has 0 saturated carbocycles. The molecule has 4 heteroatoms. The molecule has 0 bridgehead atoms. The van der Waals surface area contributed by atoms with Gasteiger partial charge in [0.15, 0.2) is 0 Å². The standard InChI is InChI=1S/C20H22N2O2/c1-14(21-24)3-4-16-5-7-17(8-6-16)18-9-10-20-19(13-18)11-12-22(20)15(2)23/h5-10,13,24H,3-4,11-12H2,1-2H3/b21-14+. The molecule has 124 valence electrons. The number of benzene rings is 2. The number of fused-ring (bicyclic) bond motifs is 1. The third kappa shape index (κ3) is 3.32. The van der Waals surface area contributed by atoms with Crippen LogP contribution in [0.2, 0.25) is 0 Å². The minimum Gasteiger partial charge on any atom is -0.411 e. The smallest absolute Gasteiger partial charge is 0.223 e. The Morgan fingerprint density at radius 3 is 2.50 bits per heavy atom. The van der Waals surface area contributed by atoms with E-state index in [9.17, 15) is 4.79 Å². The van der Waals surface area contributed by atoms with Gasteiger partial charge in [0, 0.05) is 19.2 Å². The van der Waals surface area contributed by atoms with Gasteiger partial charge < -0.3 is 10.1 Å². The lowest BCUT2D eigenvalue weighted by molar-refractivity contribution is -0.116. The molecule has 2 aromatic rings. The molecule has 24 heavy (non-hydrogen) atoms. The van der Waals surface area contributed by atoms with Gasteiger partial charge in [0.1, 0.15) is 0 Å². The van der Waals surface area contributed by atoms with Gasteiger partial charge in [-0.2, -0.15) is 0 Å². The van der Waals surface area contributed by atoms with E-state index in [4.69, 9.17) is 5.21 Å². The number of anilines is 1. The van der Waals surface area contributed by atoms with Gasteiger partial charge in [-0.15, -0.1) is 0 Å². The summed E-state index contributed by atoms with van der Waals surface area (Å²) in [6.45, 7) is 4.22. The summed E-state index contributed by atoms with van der Waals surface area (Å²) in [6, 6.07) is 14.8. The molecule has 0 unspecified atom stereocenters. The number of hydrogen-bond acceptors (Lipinski definition) is 3. The number of nitrogens with zero attached hydrogens (tertiary/aromatic N) is 2.